The summed E-state index contributed by atoms with van der Waals surface area (Å²) in [6, 6.07) is 8.40. The van der Waals surface area contributed by atoms with Crippen molar-refractivity contribution in [3.63, 3.8) is 0 Å². The van der Waals surface area contributed by atoms with E-state index in [4.69, 9.17) is 10.5 Å². The summed E-state index contributed by atoms with van der Waals surface area (Å²) >= 11 is 0. The van der Waals surface area contributed by atoms with Crippen LogP contribution in [0.3, 0.4) is 0 Å². The Morgan fingerprint density at radius 2 is 1.83 bits per heavy atom. The highest BCUT2D eigenvalue weighted by Crippen LogP contribution is 2.30. The molecule has 0 saturated heterocycles. The molecule has 2 unspecified atom stereocenters. The Bertz CT molecular complexity index is 361. The summed E-state index contributed by atoms with van der Waals surface area (Å²) < 4.78 is 5.20. The van der Waals surface area contributed by atoms with Crippen LogP contribution < -0.4 is 10.5 Å². The molecule has 2 N–H and O–H groups in total. The van der Waals surface area contributed by atoms with Crippen molar-refractivity contribution < 1.29 is 4.74 Å². The van der Waals surface area contributed by atoms with Gasteiger partial charge in [0, 0.05) is 6.04 Å². The first-order chi connectivity index (χ1) is 8.45. The number of ether oxygens (including phenoxy) is 1. The van der Waals surface area contributed by atoms with Gasteiger partial charge in [-0.05, 0) is 45.1 Å². The molecule has 0 amide bonds. The Morgan fingerprint density at radius 1 is 1.28 bits per heavy atom. The van der Waals surface area contributed by atoms with Gasteiger partial charge in [0.05, 0.1) is 12.6 Å². The van der Waals surface area contributed by atoms with Crippen LogP contribution in [0, 0.1) is 0 Å². The summed E-state index contributed by atoms with van der Waals surface area (Å²) in [6.07, 6.45) is 2.04. The van der Waals surface area contributed by atoms with Gasteiger partial charge in [-0.15, -0.1) is 0 Å². The molecule has 0 heterocycles. The van der Waals surface area contributed by atoms with Crippen molar-refractivity contribution in [1.29, 1.82) is 0 Å². The van der Waals surface area contributed by atoms with Gasteiger partial charge in [0.2, 0.25) is 0 Å². The highest BCUT2D eigenvalue weighted by molar-refractivity contribution is 5.33. The Morgan fingerprint density at radius 3 is 2.22 bits per heavy atom. The van der Waals surface area contributed by atoms with E-state index in [1.54, 1.807) is 7.11 Å². The zero-order chi connectivity index (χ0) is 13.8. The van der Waals surface area contributed by atoms with E-state index in [1.807, 2.05) is 12.1 Å². The van der Waals surface area contributed by atoms with Crippen molar-refractivity contribution in [3.8, 4) is 5.75 Å². The molecule has 0 saturated carbocycles. The van der Waals surface area contributed by atoms with Gasteiger partial charge in [-0.1, -0.05) is 25.5 Å². The molecule has 18 heavy (non-hydrogen) atoms. The SMILES string of the molecule is CCCC(N)(c1ccc(OC)cc1)C(C)N(C)C. The van der Waals surface area contributed by atoms with Crippen LogP contribution in [0.25, 0.3) is 0 Å². The maximum Gasteiger partial charge on any atom is 0.118 e. The second kappa shape index (κ2) is 6.21. The second-order valence-corrected chi connectivity index (χ2v) is 5.16. The number of likely N-dealkylation sites (N-methyl/N-ethyl adjacent to an activating group) is 1. The average Bonchev–Trinajstić information content (AvgIpc) is 2.38. The summed E-state index contributed by atoms with van der Waals surface area (Å²) in [4.78, 5) is 2.18. The lowest BCUT2D eigenvalue weighted by Crippen LogP contribution is -2.52. The molecule has 1 rings (SSSR count). The molecular formula is C15H26N2O. The summed E-state index contributed by atoms with van der Waals surface area (Å²) in [5, 5.41) is 0. The van der Waals surface area contributed by atoms with E-state index in [9.17, 15) is 0 Å². The molecule has 1 aromatic rings. The predicted octanol–water partition coefficient (Wildman–Crippen LogP) is 2.60. The highest BCUT2D eigenvalue weighted by Gasteiger charge is 2.34. The van der Waals surface area contributed by atoms with Crippen LogP contribution in [-0.4, -0.2) is 32.1 Å². The zero-order valence-corrected chi connectivity index (χ0v) is 12.2. The van der Waals surface area contributed by atoms with Crippen molar-refractivity contribution in [2.45, 2.75) is 38.3 Å². The monoisotopic (exact) mass is 250 g/mol. The number of benzene rings is 1. The smallest absolute Gasteiger partial charge is 0.118 e. The van der Waals surface area contributed by atoms with Crippen LogP contribution in [0.4, 0.5) is 0 Å². The summed E-state index contributed by atoms with van der Waals surface area (Å²) in [5.41, 5.74) is 7.54. The Balaban J connectivity index is 3.09. The van der Waals surface area contributed by atoms with Crippen LogP contribution in [0.2, 0.25) is 0 Å². The van der Waals surface area contributed by atoms with E-state index in [0.717, 1.165) is 18.6 Å². The standard InChI is InChI=1S/C15H26N2O/c1-6-11-15(16,12(2)17(3)4)13-7-9-14(18-5)10-8-13/h7-10,12H,6,11,16H2,1-5H3. The number of nitrogens with two attached hydrogens (primary N) is 1. The molecule has 0 aliphatic rings. The Kier molecular flexibility index (Phi) is 5.17. The van der Waals surface area contributed by atoms with Crippen LogP contribution >= 0.6 is 0 Å². The summed E-state index contributed by atoms with van der Waals surface area (Å²) in [7, 11) is 5.83. The quantitative estimate of drug-likeness (QED) is 0.843. The minimum atomic E-state index is -0.315. The average molecular weight is 250 g/mol. The van der Waals surface area contributed by atoms with Crippen molar-refractivity contribution in [2.24, 2.45) is 5.73 Å². The summed E-state index contributed by atoms with van der Waals surface area (Å²) in [5.74, 6) is 0.870. The molecule has 102 valence electrons. The minimum absolute atomic E-state index is 0.283. The third kappa shape index (κ3) is 3.03. The van der Waals surface area contributed by atoms with Gasteiger partial charge >= 0.3 is 0 Å². The fraction of sp³-hybridized carbons (Fsp3) is 0.600. The number of nitrogens with zero attached hydrogens (tertiary/aromatic N) is 1. The van der Waals surface area contributed by atoms with Gasteiger partial charge in [-0.3, -0.25) is 0 Å². The number of hydrogen-bond donors (Lipinski definition) is 1. The van der Waals surface area contributed by atoms with E-state index in [-0.39, 0.29) is 11.6 Å². The van der Waals surface area contributed by atoms with Crippen molar-refractivity contribution in [2.75, 3.05) is 21.2 Å². The third-order valence-corrected chi connectivity index (χ3v) is 3.81. The second-order valence-electron chi connectivity index (χ2n) is 5.16. The number of rotatable bonds is 6. The lowest BCUT2D eigenvalue weighted by Gasteiger charge is -2.39. The highest BCUT2D eigenvalue weighted by atomic mass is 16.5. The fourth-order valence-electron chi connectivity index (χ4n) is 2.37. The molecule has 1 aromatic carbocycles. The molecule has 0 spiro atoms. The minimum Gasteiger partial charge on any atom is -0.497 e. The predicted molar refractivity (Wildman–Crippen MR) is 76.9 cm³/mol. The molecule has 0 aromatic heterocycles. The fourth-order valence-corrected chi connectivity index (χ4v) is 2.37. The molecule has 0 aliphatic carbocycles. The maximum atomic E-state index is 6.68. The van der Waals surface area contributed by atoms with E-state index in [0.29, 0.717) is 0 Å². The van der Waals surface area contributed by atoms with Gasteiger partial charge < -0.3 is 15.4 Å². The van der Waals surface area contributed by atoms with Crippen molar-refractivity contribution >= 4 is 0 Å². The first kappa shape index (κ1) is 15.0. The Hall–Kier alpha value is -1.06. The molecule has 2 atom stereocenters. The van der Waals surface area contributed by atoms with Crippen molar-refractivity contribution in [1.82, 2.24) is 4.90 Å². The lowest BCUT2D eigenvalue weighted by molar-refractivity contribution is 0.180. The lowest BCUT2D eigenvalue weighted by atomic mass is 9.80. The third-order valence-electron chi connectivity index (χ3n) is 3.81. The van der Waals surface area contributed by atoms with Crippen LogP contribution in [0.5, 0.6) is 5.75 Å². The molecular weight excluding hydrogens is 224 g/mol. The molecule has 0 radical (unpaired) electrons. The van der Waals surface area contributed by atoms with E-state index < -0.39 is 0 Å². The number of hydrogen-bond acceptors (Lipinski definition) is 3. The number of methoxy groups -OCH3 is 1. The first-order valence-corrected chi connectivity index (χ1v) is 6.55. The molecule has 3 heteroatoms. The Labute approximate surface area is 111 Å². The first-order valence-electron chi connectivity index (χ1n) is 6.55. The molecule has 0 aliphatic heterocycles. The van der Waals surface area contributed by atoms with E-state index in [1.165, 1.54) is 5.56 Å². The summed E-state index contributed by atoms with van der Waals surface area (Å²) in [6.45, 7) is 4.35. The van der Waals surface area contributed by atoms with Gasteiger partial charge in [0.15, 0.2) is 0 Å². The topological polar surface area (TPSA) is 38.5 Å². The van der Waals surface area contributed by atoms with Crippen LogP contribution in [-0.2, 0) is 5.54 Å². The van der Waals surface area contributed by atoms with Gasteiger partial charge in [-0.25, -0.2) is 0 Å². The normalized spacial score (nSPS) is 16.4. The molecule has 3 nitrogen and oxygen atoms in total. The van der Waals surface area contributed by atoms with Crippen LogP contribution in [0.15, 0.2) is 24.3 Å². The van der Waals surface area contributed by atoms with Crippen molar-refractivity contribution in [3.05, 3.63) is 29.8 Å². The maximum absolute atomic E-state index is 6.68. The van der Waals surface area contributed by atoms with Crippen LogP contribution in [0.1, 0.15) is 32.3 Å². The molecule has 0 fully saturated rings. The largest absolute Gasteiger partial charge is 0.497 e. The van der Waals surface area contributed by atoms with Gasteiger partial charge in [0.25, 0.3) is 0 Å². The van der Waals surface area contributed by atoms with Gasteiger partial charge in [0.1, 0.15) is 5.75 Å². The van der Waals surface area contributed by atoms with E-state index >= 15 is 0 Å². The van der Waals surface area contributed by atoms with Gasteiger partial charge in [-0.2, -0.15) is 0 Å². The molecule has 0 bridgehead atoms. The zero-order valence-electron chi connectivity index (χ0n) is 12.2. The van der Waals surface area contributed by atoms with E-state index in [2.05, 4.69) is 45.0 Å².